The summed E-state index contributed by atoms with van der Waals surface area (Å²) in [4.78, 5) is 64.4. The Kier molecular flexibility index (Phi) is 9.93. The molecule has 3 saturated heterocycles. The molecule has 1 aromatic heterocycles. The van der Waals surface area contributed by atoms with E-state index in [9.17, 15) is 19.2 Å². The number of aromatic nitrogens is 2. The van der Waals surface area contributed by atoms with Gasteiger partial charge in [0.05, 0.1) is 33.7 Å². The van der Waals surface area contributed by atoms with Crippen LogP contribution in [0.5, 0.6) is 0 Å². The Morgan fingerprint density at radius 3 is 2.65 bits per heavy atom. The van der Waals surface area contributed by atoms with Crippen molar-refractivity contribution < 1.29 is 19.2 Å². The number of aryl methyl sites for hydroxylation is 2. The highest BCUT2D eigenvalue weighted by Crippen LogP contribution is 2.31. The number of hydrogen-bond donors (Lipinski definition) is 3. The number of ketones is 1. The number of piperazine rings is 1. The van der Waals surface area contributed by atoms with Gasteiger partial charge in [0.1, 0.15) is 12.1 Å². The molecule has 48 heavy (non-hydrogen) atoms. The van der Waals surface area contributed by atoms with E-state index in [0.717, 1.165) is 23.9 Å². The van der Waals surface area contributed by atoms with Crippen molar-refractivity contribution in [2.45, 2.75) is 63.1 Å². The van der Waals surface area contributed by atoms with Crippen LogP contribution in [0.3, 0.4) is 0 Å². The van der Waals surface area contributed by atoms with Gasteiger partial charge in [-0.3, -0.25) is 24.6 Å². The van der Waals surface area contributed by atoms with Crippen molar-refractivity contribution in [1.82, 2.24) is 29.6 Å². The number of nitrogens with zero attached hydrogens (tertiary/aromatic N) is 5. The van der Waals surface area contributed by atoms with Gasteiger partial charge in [-0.2, -0.15) is 0 Å². The minimum absolute atomic E-state index is 0.00133. The molecule has 0 unspecified atom stereocenters. The summed E-state index contributed by atoms with van der Waals surface area (Å²) in [5, 5.41) is 11.8. The van der Waals surface area contributed by atoms with Crippen LogP contribution in [-0.4, -0.2) is 98.0 Å². The SMILES string of the molecule is Cn1c(C(=O)[C@H](C[C@@H]2CCCN(C(=N)N)C2)NC(=O)[C@@H]2CC[C@H]3C(=O)N(CCCc4ccc(Cl)c(Cl)c4)CC(=O)N23)nc2ccccc21. The zero-order valence-corrected chi connectivity index (χ0v) is 28.3. The molecule has 254 valence electrons. The van der Waals surface area contributed by atoms with E-state index in [1.807, 2.05) is 30.3 Å². The number of amides is 3. The van der Waals surface area contributed by atoms with Gasteiger partial charge in [-0.15, -0.1) is 0 Å². The molecule has 14 heteroatoms. The lowest BCUT2D eigenvalue weighted by Crippen LogP contribution is -2.62. The van der Waals surface area contributed by atoms with E-state index in [1.165, 1.54) is 4.90 Å². The number of rotatable bonds is 10. The first-order valence-corrected chi connectivity index (χ1v) is 17.2. The molecule has 4 heterocycles. The van der Waals surface area contributed by atoms with E-state index in [4.69, 9.17) is 34.3 Å². The van der Waals surface area contributed by atoms with E-state index in [2.05, 4.69) is 10.3 Å². The molecule has 0 saturated carbocycles. The third-order valence-corrected chi connectivity index (χ3v) is 10.6. The third kappa shape index (κ3) is 6.86. The fourth-order valence-corrected chi connectivity index (χ4v) is 7.70. The molecule has 3 aromatic rings. The molecule has 0 bridgehead atoms. The predicted molar refractivity (Wildman–Crippen MR) is 183 cm³/mol. The van der Waals surface area contributed by atoms with Crippen molar-refractivity contribution in [3.8, 4) is 0 Å². The Morgan fingerprint density at radius 1 is 1.10 bits per heavy atom. The van der Waals surface area contributed by atoms with E-state index >= 15 is 0 Å². The third-order valence-electron chi connectivity index (χ3n) is 9.85. The Labute approximate surface area is 289 Å². The number of imidazole rings is 1. The van der Waals surface area contributed by atoms with Gasteiger partial charge >= 0.3 is 0 Å². The summed E-state index contributed by atoms with van der Waals surface area (Å²) < 4.78 is 1.73. The Hall–Kier alpha value is -4.16. The molecule has 0 radical (unpaired) electrons. The van der Waals surface area contributed by atoms with Crippen molar-refractivity contribution in [2.75, 3.05) is 26.2 Å². The number of carbonyl (C=O) groups is 4. The molecule has 3 fully saturated rings. The van der Waals surface area contributed by atoms with E-state index in [0.29, 0.717) is 67.3 Å². The summed E-state index contributed by atoms with van der Waals surface area (Å²) in [7, 11) is 1.77. The highest BCUT2D eigenvalue weighted by molar-refractivity contribution is 6.42. The Morgan fingerprint density at radius 2 is 1.90 bits per heavy atom. The first-order chi connectivity index (χ1) is 23.0. The molecular weight excluding hydrogens is 655 g/mol. The number of benzene rings is 2. The molecule has 3 aliphatic heterocycles. The van der Waals surface area contributed by atoms with Gasteiger partial charge in [-0.05, 0) is 80.7 Å². The largest absolute Gasteiger partial charge is 0.370 e. The lowest BCUT2D eigenvalue weighted by Gasteiger charge is -2.39. The average Bonchev–Trinajstić information content (AvgIpc) is 3.67. The summed E-state index contributed by atoms with van der Waals surface area (Å²) in [6.45, 7) is 1.47. The second kappa shape index (κ2) is 14.1. The lowest BCUT2D eigenvalue weighted by molar-refractivity contribution is -0.157. The first kappa shape index (κ1) is 33.7. The van der Waals surface area contributed by atoms with Crippen molar-refractivity contribution in [3.05, 3.63) is 63.9 Å². The number of guanidine groups is 1. The van der Waals surface area contributed by atoms with Crippen molar-refractivity contribution >= 4 is 63.7 Å². The van der Waals surface area contributed by atoms with E-state index in [1.54, 1.807) is 33.5 Å². The van der Waals surface area contributed by atoms with Crippen LogP contribution in [0.25, 0.3) is 11.0 Å². The minimum Gasteiger partial charge on any atom is -0.370 e. The maximum Gasteiger partial charge on any atom is 0.245 e. The molecule has 3 aliphatic rings. The summed E-state index contributed by atoms with van der Waals surface area (Å²) in [6.07, 6.45) is 3.95. The predicted octanol–water partition coefficient (Wildman–Crippen LogP) is 3.38. The number of piperidine rings is 1. The molecule has 0 spiro atoms. The zero-order chi connectivity index (χ0) is 34.1. The second-order valence-corrected chi connectivity index (χ2v) is 13.8. The molecular formula is C34H40Cl2N8O4. The number of carbonyl (C=O) groups excluding carboxylic acids is 4. The normalized spacial score (nSPS) is 21.8. The molecule has 2 aromatic carbocycles. The van der Waals surface area contributed by atoms with Gasteiger partial charge in [0.25, 0.3) is 0 Å². The maximum atomic E-state index is 14.1. The van der Waals surface area contributed by atoms with Gasteiger partial charge < -0.3 is 30.3 Å². The fraction of sp³-hybridized carbons (Fsp3) is 0.471. The average molecular weight is 696 g/mol. The van der Waals surface area contributed by atoms with Gasteiger partial charge in [-0.25, -0.2) is 4.98 Å². The number of fused-ring (bicyclic) bond motifs is 2. The zero-order valence-electron chi connectivity index (χ0n) is 26.8. The molecule has 6 rings (SSSR count). The number of para-hydroxylation sites is 2. The van der Waals surface area contributed by atoms with Crippen molar-refractivity contribution in [2.24, 2.45) is 18.7 Å². The van der Waals surface area contributed by atoms with Crippen LogP contribution in [0.15, 0.2) is 42.5 Å². The standard InChI is InChI=1S/C34H40Cl2N8O4/c1-41-26-9-3-2-8-24(26)39-31(41)30(46)25(17-21-7-5-15-43(18-21)34(37)38)40-32(47)27-12-13-28-33(48)42(19-29(45)44(27)28)14-4-6-20-10-11-22(35)23(36)16-20/h2-3,8-11,16,21,25,27-28H,4-7,12-15,17-19H2,1H3,(H3,37,38)(H,40,47)/t21-,25-,27-,28-/m0/s1. The summed E-state index contributed by atoms with van der Waals surface area (Å²) >= 11 is 12.2. The monoisotopic (exact) mass is 694 g/mol. The van der Waals surface area contributed by atoms with Crippen LogP contribution < -0.4 is 11.1 Å². The molecule has 0 aliphatic carbocycles. The van der Waals surface area contributed by atoms with Gasteiger partial charge in [0, 0.05) is 26.7 Å². The molecule has 4 atom stereocenters. The topological polar surface area (TPSA) is 158 Å². The second-order valence-electron chi connectivity index (χ2n) is 13.0. The van der Waals surface area contributed by atoms with Crippen LogP contribution >= 0.6 is 23.2 Å². The number of likely N-dealkylation sites (tertiary alicyclic amines) is 1. The number of halogens is 2. The number of nitrogens with two attached hydrogens (primary N) is 1. The van der Waals surface area contributed by atoms with Gasteiger partial charge in [-0.1, -0.05) is 41.4 Å². The lowest BCUT2D eigenvalue weighted by atomic mass is 9.89. The quantitative estimate of drug-likeness (QED) is 0.167. The Balaban J connectivity index is 1.15. The van der Waals surface area contributed by atoms with E-state index in [-0.39, 0.29) is 41.8 Å². The highest BCUT2D eigenvalue weighted by atomic mass is 35.5. The summed E-state index contributed by atoms with van der Waals surface area (Å²) in [5.41, 5.74) is 8.24. The fourth-order valence-electron chi connectivity index (χ4n) is 7.38. The minimum atomic E-state index is -0.919. The Bertz CT molecular complexity index is 1760. The molecule has 12 nitrogen and oxygen atoms in total. The van der Waals surface area contributed by atoms with Gasteiger partial charge in [0.2, 0.25) is 23.5 Å². The van der Waals surface area contributed by atoms with Crippen LogP contribution in [0.4, 0.5) is 0 Å². The number of nitrogens with one attached hydrogen (secondary N) is 2. The summed E-state index contributed by atoms with van der Waals surface area (Å²) in [5.74, 6) is -1.03. The van der Waals surface area contributed by atoms with Crippen LogP contribution in [0.2, 0.25) is 10.0 Å². The molecule has 4 N–H and O–H groups in total. The van der Waals surface area contributed by atoms with E-state index < -0.39 is 24.0 Å². The van der Waals surface area contributed by atoms with Crippen LogP contribution in [0.1, 0.15) is 54.7 Å². The number of hydrogen-bond acceptors (Lipinski definition) is 6. The maximum absolute atomic E-state index is 14.1. The smallest absolute Gasteiger partial charge is 0.245 e. The van der Waals surface area contributed by atoms with Crippen molar-refractivity contribution in [3.63, 3.8) is 0 Å². The summed E-state index contributed by atoms with van der Waals surface area (Å²) in [6, 6.07) is 10.4. The highest BCUT2D eigenvalue weighted by Gasteiger charge is 2.49. The van der Waals surface area contributed by atoms with Gasteiger partial charge in [0.15, 0.2) is 11.8 Å². The van der Waals surface area contributed by atoms with Crippen molar-refractivity contribution in [1.29, 1.82) is 5.41 Å². The van der Waals surface area contributed by atoms with Crippen LogP contribution in [-0.2, 0) is 27.9 Å². The van der Waals surface area contributed by atoms with Crippen LogP contribution in [0, 0.1) is 11.3 Å². The first-order valence-electron chi connectivity index (χ1n) is 16.4. The molecule has 3 amide bonds. The number of Topliss-reactive ketones (excluding diaryl/α,β-unsaturated/α-hetero) is 1.